The van der Waals surface area contributed by atoms with E-state index in [0.29, 0.717) is 55.1 Å². The molecule has 0 fully saturated rings. The van der Waals surface area contributed by atoms with Crippen molar-refractivity contribution in [2.24, 2.45) is 5.73 Å². The zero-order valence-corrected chi connectivity index (χ0v) is 25.0. The molecular formula is C28H26ClF6N5O7. The summed E-state index contributed by atoms with van der Waals surface area (Å²) < 4.78 is 83.4. The fourth-order valence-corrected chi connectivity index (χ4v) is 3.28. The minimum absolute atomic E-state index is 0.0164. The number of carbonyl (C=O) groups excluding carboxylic acids is 4. The Morgan fingerprint density at radius 2 is 1.53 bits per heavy atom. The van der Waals surface area contributed by atoms with Gasteiger partial charge in [0.05, 0.1) is 29.5 Å². The number of rotatable bonds is 13. The van der Waals surface area contributed by atoms with Gasteiger partial charge in [-0.05, 0) is 49.4 Å². The molecule has 0 spiro atoms. The Bertz CT molecular complexity index is 1520. The second-order valence-corrected chi connectivity index (χ2v) is 9.25. The lowest BCUT2D eigenvalue weighted by Gasteiger charge is -2.15. The van der Waals surface area contributed by atoms with E-state index in [4.69, 9.17) is 31.5 Å². The van der Waals surface area contributed by atoms with Crippen molar-refractivity contribution in [3.8, 4) is 11.5 Å². The van der Waals surface area contributed by atoms with Crippen LogP contribution >= 0.6 is 11.6 Å². The molecule has 2 heterocycles. The normalized spacial score (nSPS) is 11.1. The summed E-state index contributed by atoms with van der Waals surface area (Å²) in [5.74, 6) is -6.70. The number of nitrogens with zero attached hydrogens (tertiary/aromatic N) is 2. The topological polar surface area (TPSA) is 172 Å². The van der Waals surface area contributed by atoms with Gasteiger partial charge >= 0.3 is 23.9 Å². The van der Waals surface area contributed by atoms with Crippen molar-refractivity contribution in [2.45, 2.75) is 18.8 Å². The predicted octanol–water partition coefficient (Wildman–Crippen LogP) is 4.64. The number of anilines is 2. The van der Waals surface area contributed by atoms with Crippen LogP contribution in [0.4, 0.5) is 37.8 Å². The number of pyridine rings is 2. The number of nitrogens with one attached hydrogen (secondary N) is 2. The molecule has 1 aromatic carbocycles. The summed E-state index contributed by atoms with van der Waals surface area (Å²) in [5.41, 5.74) is 6.05. The monoisotopic (exact) mass is 693 g/mol. The number of methoxy groups -OCH3 is 1. The fourth-order valence-electron chi connectivity index (χ4n) is 3.17. The first-order chi connectivity index (χ1) is 22.1. The van der Waals surface area contributed by atoms with Crippen LogP contribution in [0.2, 0.25) is 5.02 Å². The molecule has 19 heteroatoms. The van der Waals surface area contributed by atoms with Crippen molar-refractivity contribution in [1.82, 2.24) is 9.97 Å². The first-order valence-corrected chi connectivity index (χ1v) is 13.5. The molecule has 0 aliphatic rings. The van der Waals surface area contributed by atoms with Crippen LogP contribution in [0.25, 0.3) is 0 Å². The Morgan fingerprint density at radius 1 is 0.851 bits per heavy atom. The van der Waals surface area contributed by atoms with E-state index < -0.39 is 35.7 Å². The van der Waals surface area contributed by atoms with Crippen LogP contribution in [0.15, 0.2) is 54.9 Å². The highest BCUT2D eigenvalue weighted by Crippen LogP contribution is 2.27. The van der Waals surface area contributed by atoms with Crippen molar-refractivity contribution in [2.75, 3.05) is 44.1 Å². The molecule has 0 unspecified atom stereocenters. The van der Waals surface area contributed by atoms with Gasteiger partial charge in [-0.1, -0.05) is 11.6 Å². The number of halogens is 7. The van der Waals surface area contributed by atoms with E-state index in [1.54, 1.807) is 49.6 Å². The maximum absolute atomic E-state index is 13.1. The Morgan fingerprint density at radius 3 is 2.11 bits per heavy atom. The molecular weight excluding hydrogens is 668 g/mol. The summed E-state index contributed by atoms with van der Waals surface area (Å²) in [6, 6.07) is 11.2. The molecule has 0 aliphatic carbocycles. The maximum Gasteiger partial charge on any atom is 0.458 e. The van der Waals surface area contributed by atoms with Crippen LogP contribution in [0.3, 0.4) is 0 Å². The Balaban J connectivity index is 0.000000544. The smallest absolute Gasteiger partial charge is 0.458 e. The van der Waals surface area contributed by atoms with Gasteiger partial charge in [0, 0.05) is 25.6 Å². The highest BCUT2D eigenvalue weighted by Gasteiger charge is 2.54. The molecule has 12 nitrogen and oxygen atoms in total. The fraction of sp³-hybridized carbons (Fsp3) is 0.286. The summed E-state index contributed by atoms with van der Waals surface area (Å²) >= 11 is 5.84. The van der Waals surface area contributed by atoms with Gasteiger partial charge in [-0.2, -0.15) is 26.3 Å². The number of hydrogen-bond donors (Lipinski definition) is 3. The average molecular weight is 694 g/mol. The second kappa shape index (κ2) is 17.8. The molecule has 0 bridgehead atoms. The Hall–Kier alpha value is -4.81. The number of ether oxygens (including phenoxy) is 3. The first kappa shape index (κ1) is 38.4. The van der Waals surface area contributed by atoms with E-state index in [0.717, 1.165) is 0 Å². The van der Waals surface area contributed by atoms with Gasteiger partial charge in [-0.3, -0.25) is 19.2 Å². The first-order valence-electron chi connectivity index (χ1n) is 13.1. The molecule has 0 aliphatic heterocycles. The quantitative estimate of drug-likeness (QED) is 0.130. The van der Waals surface area contributed by atoms with E-state index in [2.05, 4.69) is 20.6 Å². The molecule has 0 atom stereocenters. The van der Waals surface area contributed by atoms with Crippen LogP contribution in [-0.2, 0) is 14.3 Å². The van der Waals surface area contributed by atoms with Crippen molar-refractivity contribution in [1.29, 1.82) is 0 Å². The van der Waals surface area contributed by atoms with Crippen molar-refractivity contribution in [3.63, 3.8) is 0 Å². The third-order valence-corrected chi connectivity index (χ3v) is 5.54. The number of alkyl halides is 6. The number of benzene rings is 1. The van der Waals surface area contributed by atoms with Crippen molar-refractivity contribution in [3.05, 3.63) is 71.1 Å². The van der Waals surface area contributed by atoms with Crippen LogP contribution in [0.5, 0.6) is 11.5 Å². The SMILES string of the molecule is COCCOc1ccc(C(=O)Nc2cccnc2C(=O)Nc2ccc(Cl)cn2)c(OCCCN)c1.O=C(C(=O)C(F)(F)F)C(F)(F)F. The van der Waals surface area contributed by atoms with Gasteiger partial charge < -0.3 is 30.6 Å². The van der Waals surface area contributed by atoms with Gasteiger partial charge in [0.2, 0.25) is 0 Å². The number of amides is 2. The van der Waals surface area contributed by atoms with Gasteiger partial charge in [-0.15, -0.1) is 0 Å². The molecule has 0 radical (unpaired) electrons. The number of Topliss-reactive ketones (excluding diaryl/α,β-unsaturated/α-hetero) is 2. The lowest BCUT2D eigenvalue weighted by molar-refractivity contribution is -0.193. The number of nitrogens with two attached hydrogens (primary N) is 1. The molecule has 2 aromatic heterocycles. The predicted molar refractivity (Wildman–Crippen MR) is 154 cm³/mol. The minimum atomic E-state index is -5.77. The number of hydrogen-bond acceptors (Lipinski definition) is 10. The van der Waals surface area contributed by atoms with E-state index in [9.17, 15) is 45.5 Å². The molecule has 0 saturated carbocycles. The van der Waals surface area contributed by atoms with Crippen LogP contribution in [0, 0.1) is 0 Å². The third kappa shape index (κ3) is 12.5. The molecule has 3 rings (SSSR count). The molecule has 3 aromatic rings. The van der Waals surface area contributed by atoms with Crippen molar-refractivity contribution >= 4 is 46.5 Å². The van der Waals surface area contributed by atoms with Crippen LogP contribution in [0.1, 0.15) is 27.3 Å². The zero-order valence-electron chi connectivity index (χ0n) is 24.2. The highest BCUT2D eigenvalue weighted by atomic mass is 35.5. The van der Waals surface area contributed by atoms with E-state index >= 15 is 0 Å². The van der Waals surface area contributed by atoms with Gasteiger partial charge in [-0.25, -0.2) is 9.97 Å². The molecule has 2 amide bonds. The molecule has 47 heavy (non-hydrogen) atoms. The van der Waals surface area contributed by atoms with Gasteiger partial charge in [0.25, 0.3) is 11.8 Å². The summed E-state index contributed by atoms with van der Waals surface area (Å²) in [7, 11) is 1.58. The summed E-state index contributed by atoms with van der Waals surface area (Å²) in [4.78, 5) is 53.3. The molecule has 254 valence electrons. The van der Waals surface area contributed by atoms with Crippen LogP contribution < -0.4 is 25.8 Å². The number of aromatic nitrogens is 2. The Labute approximate surface area is 267 Å². The lowest BCUT2D eigenvalue weighted by Crippen LogP contribution is -2.39. The molecule has 0 saturated heterocycles. The third-order valence-electron chi connectivity index (χ3n) is 5.32. The average Bonchev–Trinajstić information content (AvgIpc) is 3.01. The highest BCUT2D eigenvalue weighted by molar-refractivity contribution is 6.41. The minimum Gasteiger partial charge on any atom is -0.493 e. The van der Waals surface area contributed by atoms with Gasteiger partial charge in [0.1, 0.15) is 23.9 Å². The van der Waals surface area contributed by atoms with Crippen LogP contribution in [-0.4, -0.2) is 79.2 Å². The number of ketones is 2. The lowest BCUT2D eigenvalue weighted by atomic mass is 10.1. The zero-order chi connectivity index (χ0) is 35.2. The van der Waals surface area contributed by atoms with E-state index in [1.807, 2.05) is 0 Å². The van der Waals surface area contributed by atoms with E-state index in [-0.39, 0.29) is 16.9 Å². The standard InChI is InChI=1S/C24H26ClN5O5.C4F6O2/c1-33-12-13-34-17-6-7-18(20(14-17)35-11-3-9-26)23(31)29-19-4-2-10-27-22(19)24(32)30-21-8-5-16(25)15-28-21;5-3(6,7)1(11)2(12)4(8,9)10/h2,4-8,10,14-15H,3,9,11-13,26H2,1H3,(H,29,31)(H,28,30,32);. The Kier molecular flexibility index (Phi) is 14.5. The second-order valence-electron chi connectivity index (χ2n) is 8.81. The van der Waals surface area contributed by atoms with Gasteiger partial charge in [0.15, 0.2) is 5.69 Å². The largest absolute Gasteiger partial charge is 0.493 e. The van der Waals surface area contributed by atoms with E-state index in [1.165, 1.54) is 12.4 Å². The summed E-state index contributed by atoms with van der Waals surface area (Å²) in [5, 5.41) is 5.80. The molecule has 4 N–H and O–H groups in total. The summed E-state index contributed by atoms with van der Waals surface area (Å²) in [6.07, 6.45) is -8.07. The number of carbonyl (C=O) groups is 4. The summed E-state index contributed by atoms with van der Waals surface area (Å²) in [6.45, 7) is 1.54. The van der Waals surface area contributed by atoms with Crippen molar-refractivity contribution < 1.29 is 59.7 Å². The maximum atomic E-state index is 13.1.